The van der Waals surface area contributed by atoms with Gasteiger partial charge in [0.1, 0.15) is 5.75 Å². The summed E-state index contributed by atoms with van der Waals surface area (Å²) < 4.78 is 13.5. The SMILES string of the molecule is COc1ccccc1C1CCN(C(=O)c2ccc(Nc3ccc(-c4cc[nH]c(=O)c4)n4ccnc34)cc2)CC1.O=C(NCc1cccnc1)c1ccc(Nc2ccc(-c3cc[nH]c(=O)c3)n3ccnc23)cc1.O=C(c1ccc(Nc2ccc(-c3cc[nH]c(=O)c3)n3ccnc23)cc1)N1CCC(c2ccccc2)CC1.O=C1NCC2C=C(c3ccc(Nc4ccc(-c5cccnc5)cc4)c4nccn34)C=CC12. The average molecular weight is 1870 g/mol. The van der Waals surface area contributed by atoms with Gasteiger partial charge in [-0.25, -0.2) is 19.9 Å². The molecular weight excluding hydrogens is 1770 g/mol. The number of benzene rings is 6. The Morgan fingerprint density at radius 1 is 0.404 bits per heavy atom. The summed E-state index contributed by atoms with van der Waals surface area (Å²) in [6.45, 7) is 4.10. The van der Waals surface area contributed by atoms with E-state index in [1.165, 1.54) is 11.1 Å². The van der Waals surface area contributed by atoms with E-state index in [-0.39, 0.29) is 52.1 Å². The number of nitrogens with zero attached hydrogens (tertiary/aromatic N) is 12. The summed E-state index contributed by atoms with van der Waals surface area (Å²) in [5, 5.41) is 19.5. The maximum absolute atomic E-state index is 13.2. The van der Waals surface area contributed by atoms with E-state index in [0.29, 0.717) is 41.6 Å². The number of H-pyrrole nitrogens is 3. The molecule has 9 N–H and O–H groups in total. The Kier molecular flexibility index (Phi) is 26.6. The van der Waals surface area contributed by atoms with Crippen LogP contribution in [0.4, 0.5) is 45.5 Å². The number of hydrogen-bond donors (Lipinski definition) is 9. The van der Waals surface area contributed by atoms with Gasteiger partial charge in [0.05, 0.1) is 58.6 Å². The van der Waals surface area contributed by atoms with E-state index >= 15 is 0 Å². The molecule has 6 aromatic carbocycles. The molecule has 1 aliphatic carbocycles. The standard InChI is InChI=1S/C31H29N5O3.C30H27N5O2.C26H21N5O.C25H20N6O2/c1-39-28-5-3-2-4-25(28)21-13-17-35(18-14-21)31(38)22-6-8-24(9-7-22)34-26-10-11-27(36-19-16-33-30(26)36)23-12-15-32-29(37)20-23;36-28-20-24(12-15-31-28)27-11-10-26(29-32-16-19-35(27)29)33-25-8-6-23(7-9-25)30(37)34-17-13-22(14-18-34)21-4-2-1-3-5-21;32-26-22-8-5-18(14-20(22)16-29-26)24-10-9-23(25-28-12-13-31(24)25)30-21-6-3-17(4-7-21)19-2-1-11-27-15-19;32-23-14-19(9-11-27-23)22-8-7-21(24-28-12-13-31(22)24)30-20-5-3-18(4-6-20)25(33)29-16-17-2-1-10-26-15-17/h2-12,15-16,19-21,34H,13-14,17-18H2,1H3,(H,32,37);1-12,15-16,19-20,22,33H,13-14,17-18H2,(H,31,36);1-15,20,22,30H,16H2,(H,29,32);1-15,30H,16H2,(H,27,32)(H,29,33). The number of hydrogen-bond acceptors (Lipinski definition) is 18. The van der Waals surface area contributed by atoms with E-state index in [1.807, 2.05) is 230 Å². The van der Waals surface area contributed by atoms with Crippen molar-refractivity contribution in [3.63, 3.8) is 0 Å². The number of carbonyl (C=O) groups excluding carboxylic acids is 4. The molecule has 0 bridgehead atoms. The molecule has 2 atom stereocenters. The smallest absolute Gasteiger partial charge is 0.253 e. The fourth-order valence-corrected chi connectivity index (χ4v) is 18.6. The molecule has 19 aromatic rings. The molecule has 2 unspecified atom stereocenters. The summed E-state index contributed by atoms with van der Waals surface area (Å²) in [4.78, 5) is 124. The van der Waals surface area contributed by atoms with Crippen molar-refractivity contribution in [1.82, 2.24) is 82.9 Å². The Balaban J connectivity index is 0.000000116. The Labute approximate surface area is 809 Å². The summed E-state index contributed by atoms with van der Waals surface area (Å²) >= 11 is 0. The van der Waals surface area contributed by atoms with E-state index < -0.39 is 0 Å². The van der Waals surface area contributed by atoms with Gasteiger partial charge in [0.15, 0.2) is 22.6 Å². The molecule has 0 saturated carbocycles. The first kappa shape index (κ1) is 90.4. The van der Waals surface area contributed by atoms with Gasteiger partial charge < -0.3 is 61.4 Å². The molecule has 3 saturated heterocycles. The fraction of sp³-hybridized carbons (Fsp3) is 0.134. The lowest BCUT2D eigenvalue weighted by molar-refractivity contribution is -0.121. The number of imidazole rings is 4. The summed E-state index contributed by atoms with van der Waals surface area (Å²) in [5.41, 5.74) is 24.4. The predicted octanol–water partition coefficient (Wildman–Crippen LogP) is 19.1. The second-order valence-electron chi connectivity index (χ2n) is 34.6. The van der Waals surface area contributed by atoms with Crippen LogP contribution in [-0.2, 0) is 11.3 Å². The van der Waals surface area contributed by atoms with Crippen molar-refractivity contribution >= 4 is 97.3 Å². The number of fused-ring (bicyclic) bond motifs is 5. The highest BCUT2D eigenvalue weighted by Crippen LogP contribution is 2.39. The van der Waals surface area contributed by atoms with Crippen LogP contribution in [0.1, 0.15) is 91.0 Å². The molecule has 23 rings (SSSR count). The molecule has 141 heavy (non-hydrogen) atoms. The number of amides is 4. The lowest BCUT2D eigenvalue weighted by Gasteiger charge is -2.33. The first-order valence-electron chi connectivity index (χ1n) is 46.6. The minimum absolute atomic E-state index is 0.0485. The van der Waals surface area contributed by atoms with E-state index in [4.69, 9.17) is 4.74 Å². The minimum Gasteiger partial charge on any atom is -0.496 e. The van der Waals surface area contributed by atoms with E-state index in [9.17, 15) is 33.6 Å². The Morgan fingerprint density at radius 3 is 1.28 bits per heavy atom. The van der Waals surface area contributed by atoms with Gasteiger partial charge in [-0.1, -0.05) is 91.0 Å². The van der Waals surface area contributed by atoms with Gasteiger partial charge >= 0.3 is 0 Å². The summed E-state index contributed by atoms with van der Waals surface area (Å²) in [5.74, 6) is 2.09. The monoisotopic (exact) mass is 1860 g/mol. The molecule has 29 heteroatoms. The average Bonchev–Trinajstić information content (AvgIpc) is 1.65. The summed E-state index contributed by atoms with van der Waals surface area (Å²) in [6.07, 6.45) is 36.6. The number of anilines is 8. The number of piperidine rings is 2. The van der Waals surface area contributed by atoms with Crippen molar-refractivity contribution in [2.45, 2.75) is 44.1 Å². The third-order valence-electron chi connectivity index (χ3n) is 25.9. The lowest BCUT2D eigenvalue weighted by Crippen LogP contribution is -2.37. The minimum atomic E-state index is -0.160. The topological polar surface area (TPSA) is 350 Å². The van der Waals surface area contributed by atoms with Gasteiger partial charge in [-0.05, 0) is 241 Å². The second-order valence-corrected chi connectivity index (χ2v) is 34.6. The van der Waals surface area contributed by atoms with Gasteiger partial charge in [0.2, 0.25) is 22.6 Å². The highest BCUT2D eigenvalue weighted by Gasteiger charge is 2.34. The number of methoxy groups -OCH3 is 1. The van der Waals surface area contributed by atoms with Gasteiger partial charge in [-0.3, -0.25) is 61.1 Å². The van der Waals surface area contributed by atoms with Crippen LogP contribution in [0.2, 0.25) is 0 Å². The molecule has 0 radical (unpaired) electrons. The largest absolute Gasteiger partial charge is 0.496 e. The highest BCUT2D eigenvalue weighted by molar-refractivity contribution is 5.97. The number of likely N-dealkylation sites (tertiary alicyclic amines) is 2. The van der Waals surface area contributed by atoms with Crippen LogP contribution in [0.3, 0.4) is 0 Å². The van der Waals surface area contributed by atoms with Gasteiger partial charge in [-0.2, -0.15) is 0 Å². The number of para-hydroxylation sites is 1. The van der Waals surface area contributed by atoms with Gasteiger partial charge in [0, 0.05) is 212 Å². The molecule has 16 heterocycles. The quantitative estimate of drug-likeness (QED) is 0.0323. The molecule has 4 aliphatic rings. The van der Waals surface area contributed by atoms with Crippen molar-refractivity contribution in [3.05, 3.63) is 442 Å². The zero-order chi connectivity index (χ0) is 96.1. The molecule has 4 amide bonds. The first-order chi connectivity index (χ1) is 69.2. The summed E-state index contributed by atoms with van der Waals surface area (Å²) in [6, 6.07) is 83.3. The van der Waals surface area contributed by atoms with Gasteiger partial charge in [0.25, 0.3) is 17.7 Å². The zero-order valence-electron chi connectivity index (χ0n) is 76.7. The van der Waals surface area contributed by atoms with Crippen LogP contribution in [-0.4, -0.2) is 136 Å². The third-order valence-corrected chi connectivity index (χ3v) is 25.9. The van der Waals surface area contributed by atoms with Gasteiger partial charge in [-0.15, -0.1) is 0 Å². The molecule has 3 fully saturated rings. The predicted molar refractivity (Wildman–Crippen MR) is 549 cm³/mol. The number of nitrogens with one attached hydrogen (secondary N) is 9. The zero-order valence-corrected chi connectivity index (χ0v) is 76.7. The van der Waals surface area contributed by atoms with Crippen molar-refractivity contribution < 1.29 is 23.9 Å². The third kappa shape index (κ3) is 20.5. The fourth-order valence-electron chi connectivity index (χ4n) is 18.6. The molecule has 698 valence electrons. The van der Waals surface area contributed by atoms with E-state index in [1.54, 1.807) is 93.2 Å². The Bertz CT molecular complexity index is 8000. The maximum Gasteiger partial charge on any atom is 0.253 e. The van der Waals surface area contributed by atoms with E-state index in [0.717, 1.165) is 187 Å². The first-order valence-corrected chi connectivity index (χ1v) is 46.6. The Morgan fingerprint density at radius 2 is 0.830 bits per heavy atom. The molecule has 0 spiro atoms. The Hall–Kier alpha value is -18.4. The van der Waals surface area contributed by atoms with Crippen LogP contribution in [0.25, 0.3) is 73.1 Å². The lowest BCUT2D eigenvalue weighted by atomic mass is 9.87. The second kappa shape index (κ2) is 41.4. The van der Waals surface area contributed by atoms with Crippen LogP contribution in [0.5, 0.6) is 5.75 Å². The van der Waals surface area contributed by atoms with Crippen LogP contribution in [0, 0.1) is 11.8 Å². The van der Waals surface area contributed by atoms with Crippen molar-refractivity contribution in [3.8, 4) is 50.6 Å². The molecule has 3 aliphatic heterocycles. The van der Waals surface area contributed by atoms with Crippen molar-refractivity contribution in [2.24, 2.45) is 11.8 Å². The number of aromatic amines is 3. The van der Waals surface area contributed by atoms with Crippen molar-refractivity contribution in [1.29, 1.82) is 0 Å². The molecule has 13 aromatic heterocycles. The van der Waals surface area contributed by atoms with Crippen LogP contribution < -0.4 is 53.3 Å². The normalized spacial score (nSPS) is 14.5. The highest BCUT2D eigenvalue weighted by atomic mass is 16.5. The van der Waals surface area contributed by atoms with E-state index in [2.05, 4.69) is 160 Å². The van der Waals surface area contributed by atoms with Crippen molar-refractivity contribution in [2.75, 3.05) is 61.1 Å². The number of carbonyl (C=O) groups is 4. The van der Waals surface area contributed by atoms with Crippen LogP contribution in [0.15, 0.2) is 386 Å². The number of aromatic nitrogens is 13. The summed E-state index contributed by atoms with van der Waals surface area (Å²) in [7, 11) is 1.71. The number of rotatable bonds is 21. The molecule has 29 nitrogen and oxygen atoms in total. The van der Waals surface area contributed by atoms with Crippen LogP contribution >= 0.6 is 0 Å². The number of pyridine rings is 9. The number of ether oxygens (including phenoxy) is 1. The molecular formula is C112H97N21O8. The maximum atomic E-state index is 13.2. The number of allylic oxidation sites excluding steroid dienone is 2.